The molecule has 0 radical (unpaired) electrons. The summed E-state index contributed by atoms with van der Waals surface area (Å²) in [6.07, 6.45) is -0.0864. The van der Waals surface area contributed by atoms with Crippen LogP contribution < -0.4 is 20.3 Å². The largest absolute Gasteiger partial charge is 0.490 e. The predicted octanol–water partition coefficient (Wildman–Crippen LogP) is 6.03. The quantitative estimate of drug-likeness (QED) is 0.358. The summed E-state index contributed by atoms with van der Waals surface area (Å²) in [5, 5.41) is 5.78. The van der Waals surface area contributed by atoms with Gasteiger partial charge in [-0.15, -0.1) is 0 Å². The molecule has 2 N–H and O–H groups in total. The van der Waals surface area contributed by atoms with Crippen molar-refractivity contribution in [3.05, 3.63) is 88.4 Å². The third kappa shape index (κ3) is 6.65. The van der Waals surface area contributed by atoms with Gasteiger partial charge in [-0.3, -0.25) is 14.9 Å². The monoisotopic (exact) mass is 539 g/mol. The topological polar surface area (TPSA) is 70.7 Å². The van der Waals surface area contributed by atoms with Gasteiger partial charge in [0.1, 0.15) is 5.75 Å². The van der Waals surface area contributed by atoms with Gasteiger partial charge in [0.15, 0.2) is 5.11 Å². The van der Waals surface area contributed by atoms with Crippen molar-refractivity contribution in [1.29, 1.82) is 0 Å². The minimum absolute atomic E-state index is 0.0864. The highest BCUT2D eigenvalue weighted by Crippen LogP contribution is 2.24. The zero-order valence-electron chi connectivity index (χ0n) is 19.2. The molecule has 0 saturated carbocycles. The van der Waals surface area contributed by atoms with Crippen LogP contribution in [0.2, 0.25) is 0 Å². The van der Waals surface area contributed by atoms with Crippen LogP contribution in [0.5, 0.6) is 5.75 Å². The van der Waals surface area contributed by atoms with Crippen LogP contribution in [0.4, 0.5) is 11.4 Å². The van der Waals surface area contributed by atoms with Gasteiger partial charge in [0.25, 0.3) is 11.8 Å². The van der Waals surface area contributed by atoms with Crippen LogP contribution in [-0.4, -0.2) is 29.6 Å². The summed E-state index contributed by atoms with van der Waals surface area (Å²) in [5.41, 5.74) is 2.28. The van der Waals surface area contributed by atoms with Gasteiger partial charge in [0.05, 0.1) is 11.7 Å². The lowest BCUT2D eigenvalue weighted by Crippen LogP contribution is -2.34. The Morgan fingerprint density at radius 3 is 2.44 bits per heavy atom. The smallest absolute Gasteiger partial charge is 0.261 e. The minimum Gasteiger partial charge on any atom is -0.490 e. The van der Waals surface area contributed by atoms with Crippen molar-refractivity contribution >= 4 is 56.4 Å². The average Bonchev–Trinajstić information content (AvgIpc) is 2.81. The van der Waals surface area contributed by atoms with E-state index in [2.05, 4.69) is 26.6 Å². The summed E-state index contributed by atoms with van der Waals surface area (Å²) in [5.74, 6) is -0.0634. The highest BCUT2D eigenvalue weighted by atomic mass is 79.9. The summed E-state index contributed by atoms with van der Waals surface area (Å²) in [4.78, 5) is 27.7. The first-order chi connectivity index (χ1) is 16.3. The van der Waals surface area contributed by atoms with Crippen molar-refractivity contribution in [2.24, 2.45) is 0 Å². The molecule has 34 heavy (non-hydrogen) atoms. The van der Waals surface area contributed by atoms with E-state index in [1.807, 2.05) is 57.2 Å². The first kappa shape index (κ1) is 25.4. The number of para-hydroxylation sites is 1. The third-order valence-electron chi connectivity index (χ3n) is 4.77. The number of nitrogens with zero attached hydrogens (tertiary/aromatic N) is 1. The Bertz CT molecular complexity index is 1180. The molecule has 0 aromatic heterocycles. The molecule has 0 spiro atoms. The van der Waals surface area contributed by atoms with Crippen molar-refractivity contribution in [1.82, 2.24) is 5.32 Å². The predicted molar refractivity (Wildman–Crippen MR) is 144 cm³/mol. The summed E-state index contributed by atoms with van der Waals surface area (Å²) in [6, 6.07) is 21.7. The van der Waals surface area contributed by atoms with Gasteiger partial charge in [-0.05, 0) is 81.5 Å². The molecule has 3 rings (SSSR count). The molecule has 6 nitrogen and oxygen atoms in total. The molecule has 0 aliphatic carbocycles. The van der Waals surface area contributed by atoms with E-state index in [1.165, 1.54) is 0 Å². The lowest BCUT2D eigenvalue weighted by atomic mass is 10.1. The molecule has 0 aliphatic rings. The number of hydrogen-bond donors (Lipinski definition) is 2. The van der Waals surface area contributed by atoms with Crippen LogP contribution in [0, 0.1) is 0 Å². The zero-order chi connectivity index (χ0) is 24.7. The molecule has 0 atom stereocenters. The number of thiocarbonyl (C=S) groups is 1. The molecule has 0 aliphatic heterocycles. The SMILES string of the molecule is CCN(C(=O)c1cccc(NC(=S)NC(=O)c2cc(Br)ccc2OC(C)C)c1)c1ccccc1. The second-order valence-electron chi connectivity index (χ2n) is 7.68. The van der Waals surface area contributed by atoms with Gasteiger partial charge in [0.2, 0.25) is 0 Å². The van der Waals surface area contributed by atoms with E-state index in [9.17, 15) is 9.59 Å². The van der Waals surface area contributed by atoms with Crippen LogP contribution in [0.1, 0.15) is 41.5 Å². The van der Waals surface area contributed by atoms with Gasteiger partial charge in [-0.25, -0.2) is 0 Å². The Balaban J connectivity index is 1.72. The second-order valence-corrected chi connectivity index (χ2v) is 9.01. The van der Waals surface area contributed by atoms with E-state index in [-0.39, 0.29) is 17.1 Å². The molecule has 0 heterocycles. The van der Waals surface area contributed by atoms with Crippen molar-refractivity contribution < 1.29 is 14.3 Å². The number of halogens is 1. The van der Waals surface area contributed by atoms with Crippen LogP contribution in [0.25, 0.3) is 0 Å². The van der Waals surface area contributed by atoms with Crippen LogP contribution in [0.15, 0.2) is 77.3 Å². The summed E-state index contributed by atoms with van der Waals surface area (Å²) >= 11 is 8.73. The number of anilines is 2. The third-order valence-corrected chi connectivity index (χ3v) is 5.47. The van der Waals surface area contributed by atoms with Crippen LogP contribution >= 0.6 is 28.1 Å². The molecule has 2 amide bonds. The number of nitrogens with one attached hydrogen (secondary N) is 2. The number of carbonyl (C=O) groups is 2. The maximum Gasteiger partial charge on any atom is 0.261 e. The maximum atomic E-state index is 13.1. The van der Waals surface area contributed by atoms with Crippen LogP contribution in [0.3, 0.4) is 0 Å². The van der Waals surface area contributed by atoms with E-state index in [0.29, 0.717) is 29.1 Å². The number of benzene rings is 3. The summed E-state index contributed by atoms with van der Waals surface area (Å²) < 4.78 is 6.49. The van der Waals surface area contributed by atoms with E-state index in [1.54, 1.807) is 41.3 Å². The van der Waals surface area contributed by atoms with Gasteiger partial charge in [-0.2, -0.15) is 0 Å². The number of amides is 2. The molecule has 0 unspecified atom stereocenters. The van der Waals surface area contributed by atoms with Crippen molar-refractivity contribution in [2.45, 2.75) is 26.9 Å². The fourth-order valence-electron chi connectivity index (χ4n) is 3.31. The highest BCUT2D eigenvalue weighted by Gasteiger charge is 2.18. The minimum atomic E-state index is -0.400. The molecular weight excluding hydrogens is 514 g/mol. The van der Waals surface area contributed by atoms with Gasteiger partial charge >= 0.3 is 0 Å². The number of ether oxygens (including phenoxy) is 1. The molecule has 0 fully saturated rings. The Morgan fingerprint density at radius 1 is 1.03 bits per heavy atom. The molecule has 3 aromatic carbocycles. The second kappa shape index (κ2) is 11.8. The summed E-state index contributed by atoms with van der Waals surface area (Å²) in [6.45, 7) is 6.24. The first-order valence-corrected chi connectivity index (χ1v) is 12.0. The Kier molecular flexibility index (Phi) is 8.79. The van der Waals surface area contributed by atoms with Gasteiger partial charge in [0, 0.05) is 28.0 Å². The molecule has 3 aromatic rings. The van der Waals surface area contributed by atoms with Crippen molar-refractivity contribution in [2.75, 3.05) is 16.8 Å². The Labute approximate surface area is 213 Å². The number of rotatable bonds is 7. The van der Waals surface area contributed by atoms with E-state index >= 15 is 0 Å². The molecule has 0 saturated heterocycles. The van der Waals surface area contributed by atoms with E-state index in [4.69, 9.17) is 17.0 Å². The zero-order valence-corrected chi connectivity index (χ0v) is 21.6. The highest BCUT2D eigenvalue weighted by molar-refractivity contribution is 9.10. The number of carbonyl (C=O) groups excluding carboxylic acids is 2. The molecular formula is C26H26BrN3O3S. The molecule has 176 valence electrons. The first-order valence-electron chi connectivity index (χ1n) is 10.8. The lowest BCUT2D eigenvalue weighted by molar-refractivity contribution is 0.0968. The van der Waals surface area contributed by atoms with Gasteiger partial charge < -0.3 is 15.0 Å². The van der Waals surface area contributed by atoms with E-state index in [0.717, 1.165) is 10.2 Å². The number of hydrogen-bond acceptors (Lipinski definition) is 4. The van der Waals surface area contributed by atoms with Crippen molar-refractivity contribution in [3.63, 3.8) is 0 Å². The fourth-order valence-corrected chi connectivity index (χ4v) is 3.88. The standard InChI is InChI=1S/C26H26BrN3O3S/c1-4-30(21-11-6-5-7-12-21)25(32)18-9-8-10-20(15-18)28-26(34)29-24(31)22-16-19(27)13-14-23(22)33-17(2)3/h5-17H,4H2,1-3H3,(H2,28,29,31,34). The van der Waals surface area contributed by atoms with Crippen molar-refractivity contribution in [3.8, 4) is 5.75 Å². The molecule has 0 bridgehead atoms. The Hall–Kier alpha value is -3.23. The Morgan fingerprint density at radius 2 is 1.76 bits per heavy atom. The summed E-state index contributed by atoms with van der Waals surface area (Å²) in [7, 11) is 0. The van der Waals surface area contributed by atoms with E-state index < -0.39 is 5.91 Å². The fraction of sp³-hybridized carbons (Fsp3) is 0.192. The maximum absolute atomic E-state index is 13.1. The lowest BCUT2D eigenvalue weighted by Gasteiger charge is -2.21. The molecule has 8 heteroatoms. The van der Waals surface area contributed by atoms with Gasteiger partial charge in [-0.1, -0.05) is 40.2 Å². The normalized spacial score (nSPS) is 10.5. The average molecular weight is 540 g/mol. The van der Waals surface area contributed by atoms with Crippen LogP contribution in [-0.2, 0) is 0 Å².